The van der Waals surface area contributed by atoms with Crippen molar-refractivity contribution in [1.82, 2.24) is 10.6 Å². The molecule has 1 unspecified atom stereocenters. The molecular formula is C18H27Cl2N5O2. The lowest BCUT2D eigenvalue weighted by Crippen LogP contribution is -2.42. The Hall–Kier alpha value is -1.54. The van der Waals surface area contributed by atoms with Crippen LogP contribution in [0.15, 0.2) is 22.3 Å². The third-order valence-corrected chi connectivity index (χ3v) is 4.31. The van der Waals surface area contributed by atoms with E-state index in [2.05, 4.69) is 26.1 Å². The van der Waals surface area contributed by atoms with E-state index in [1.807, 2.05) is 20.8 Å². The van der Waals surface area contributed by atoms with Crippen LogP contribution >= 0.6 is 23.2 Å². The number of nitrogens with zero attached hydrogens (tertiary/aromatic N) is 2. The zero-order chi connectivity index (χ0) is 20.0. The molecule has 4 N–H and O–H groups in total. The smallest absolute Gasteiger partial charge is 0.196 e. The number of anilines is 1. The van der Waals surface area contributed by atoms with E-state index in [9.17, 15) is 5.11 Å². The summed E-state index contributed by atoms with van der Waals surface area (Å²) in [6, 6.07) is 3.51. The summed E-state index contributed by atoms with van der Waals surface area (Å²) in [5.41, 5.74) is 1.87. The van der Waals surface area contributed by atoms with Gasteiger partial charge in [0.15, 0.2) is 5.96 Å². The van der Waals surface area contributed by atoms with E-state index < -0.39 is 6.10 Å². The maximum atomic E-state index is 9.93. The molecule has 1 aromatic rings. The number of aliphatic hydroxyl groups is 1. The lowest BCUT2D eigenvalue weighted by molar-refractivity contribution is 0.0373. The second-order valence-corrected chi connectivity index (χ2v) is 8.17. The van der Waals surface area contributed by atoms with E-state index in [1.54, 1.807) is 19.1 Å². The maximum absolute atomic E-state index is 9.93. The number of halogens is 2. The van der Waals surface area contributed by atoms with Crippen molar-refractivity contribution in [2.24, 2.45) is 10.1 Å². The maximum Gasteiger partial charge on any atom is 0.196 e. The van der Waals surface area contributed by atoms with Gasteiger partial charge in [-0.2, -0.15) is 0 Å². The van der Waals surface area contributed by atoms with Crippen LogP contribution in [-0.2, 0) is 4.84 Å². The number of β-amino-alcohol motifs (C(OH)–C–C–N with tert-alkyl or cyclic N) is 1. The van der Waals surface area contributed by atoms with Gasteiger partial charge in [0.1, 0.15) is 12.7 Å². The van der Waals surface area contributed by atoms with Gasteiger partial charge in [0.05, 0.1) is 28.0 Å². The molecule has 0 amide bonds. The van der Waals surface area contributed by atoms with Gasteiger partial charge in [0.2, 0.25) is 0 Å². The molecule has 7 nitrogen and oxygen atoms in total. The molecule has 0 fully saturated rings. The van der Waals surface area contributed by atoms with Gasteiger partial charge in [0, 0.05) is 24.2 Å². The minimum Gasteiger partial charge on any atom is -0.393 e. The van der Waals surface area contributed by atoms with Crippen molar-refractivity contribution < 1.29 is 9.94 Å². The average molecular weight is 416 g/mol. The first-order valence-electron chi connectivity index (χ1n) is 8.80. The van der Waals surface area contributed by atoms with Gasteiger partial charge in [-0.15, -0.1) is 0 Å². The number of aliphatic imine (C=N–C) groups is 1. The molecule has 2 rings (SSSR count). The molecule has 1 heterocycles. The summed E-state index contributed by atoms with van der Waals surface area (Å²) in [5, 5.41) is 24.3. The van der Waals surface area contributed by atoms with Crippen LogP contribution in [0.3, 0.4) is 0 Å². The first kappa shape index (κ1) is 21.8. The summed E-state index contributed by atoms with van der Waals surface area (Å²) >= 11 is 12.7. The van der Waals surface area contributed by atoms with Crippen LogP contribution in [0.5, 0.6) is 0 Å². The third kappa shape index (κ3) is 7.18. The van der Waals surface area contributed by atoms with Gasteiger partial charge in [-0.1, -0.05) is 28.4 Å². The standard InChI is InChI=1S/C18H27Cl2N5O2/c1-11(25-27-10-13(26)9-23-18(2,3)4)12-7-14(19)16(15(20)8-12)24-17-21-5-6-22-17/h7-8,13,23,26H,5-6,9-10H2,1-4H3,(H2,21,22,24)/b25-11-. The fourth-order valence-electron chi connectivity index (χ4n) is 2.26. The van der Waals surface area contributed by atoms with Crippen LogP contribution in [0.4, 0.5) is 5.69 Å². The van der Waals surface area contributed by atoms with Gasteiger partial charge < -0.3 is 25.9 Å². The van der Waals surface area contributed by atoms with Crippen molar-refractivity contribution in [2.75, 3.05) is 31.6 Å². The highest BCUT2D eigenvalue weighted by Gasteiger charge is 2.15. The highest BCUT2D eigenvalue weighted by Crippen LogP contribution is 2.32. The molecular weight excluding hydrogens is 389 g/mol. The number of benzene rings is 1. The summed E-state index contributed by atoms with van der Waals surface area (Å²) in [7, 11) is 0. The quantitative estimate of drug-likeness (QED) is 0.406. The van der Waals surface area contributed by atoms with Crippen LogP contribution in [0.25, 0.3) is 0 Å². The highest BCUT2D eigenvalue weighted by atomic mass is 35.5. The predicted octanol–water partition coefficient (Wildman–Crippen LogP) is 2.85. The van der Waals surface area contributed by atoms with Gasteiger partial charge in [-0.3, -0.25) is 4.99 Å². The molecule has 0 bridgehead atoms. The van der Waals surface area contributed by atoms with Gasteiger partial charge in [0.25, 0.3) is 0 Å². The molecule has 27 heavy (non-hydrogen) atoms. The highest BCUT2D eigenvalue weighted by molar-refractivity contribution is 6.40. The zero-order valence-electron chi connectivity index (χ0n) is 16.1. The van der Waals surface area contributed by atoms with E-state index in [4.69, 9.17) is 28.0 Å². The number of oxime groups is 1. The monoisotopic (exact) mass is 415 g/mol. The van der Waals surface area contributed by atoms with E-state index in [0.717, 1.165) is 18.7 Å². The molecule has 150 valence electrons. The Labute approximate surface area is 170 Å². The molecule has 1 aliphatic heterocycles. The molecule has 0 saturated carbocycles. The molecule has 0 saturated heterocycles. The summed E-state index contributed by atoms with van der Waals surface area (Å²) in [4.78, 5) is 9.52. The molecule has 0 aliphatic carbocycles. The van der Waals surface area contributed by atoms with E-state index in [1.165, 1.54) is 0 Å². The normalized spacial score (nSPS) is 16.0. The molecule has 0 aromatic heterocycles. The lowest BCUT2D eigenvalue weighted by atomic mass is 10.1. The Bertz CT molecular complexity index is 693. The first-order valence-corrected chi connectivity index (χ1v) is 9.56. The van der Waals surface area contributed by atoms with Crippen molar-refractivity contribution in [3.8, 4) is 0 Å². The van der Waals surface area contributed by atoms with E-state index in [-0.39, 0.29) is 12.1 Å². The predicted molar refractivity (Wildman–Crippen MR) is 112 cm³/mol. The van der Waals surface area contributed by atoms with Gasteiger partial charge >= 0.3 is 0 Å². The Kier molecular flexibility index (Phi) is 7.73. The van der Waals surface area contributed by atoms with Crippen molar-refractivity contribution in [2.45, 2.75) is 39.3 Å². The molecule has 9 heteroatoms. The van der Waals surface area contributed by atoms with Crippen LogP contribution in [0, 0.1) is 0 Å². The molecule has 1 aromatic carbocycles. The Morgan fingerprint density at radius 1 is 1.37 bits per heavy atom. The summed E-state index contributed by atoms with van der Waals surface area (Å²) in [5.74, 6) is 0.651. The Morgan fingerprint density at radius 3 is 2.59 bits per heavy atom. The van der Waals surface area contributed by atoms with Crippen LogP contribution in [0.2, 0.25) is 10.0 Å². The van der Waals surface area contributed by atoms with Crippen LogP contribution in [0.1, 0.15) is 33.3 Å². The average Bonchev–Trinajstić information content (AvgIpc) is 3.08. The summed E-state index contributed by atoms with van der Waals surface area (Å²) in [6.45, 7) is 9.91. The SMILES string of the molecule is C/C(=N/OCC(O)CNC(C)(C)C)c1cc(Cl)c(NC2=NCCN2)c(Cl)c1. The number of nitrogens with one attached hydrogen (secondary N) is 3. The van der Waals surface area contributed by atoms with E-state index >= 15 is 0 Å². The van der Waals surface area contributed by atoms with Crippen molar-refractivity contribution in [1.29, 1.82) is 0 Å². The van der Waals surface area contributed by atoms with Crippen LogP contribution < -0.4 is 16.0 Å². The second-order valence-electron chi connectivity index (χ2n) is 7.35. The van der Waals surface area contributed by atoms with Gasteiger partial charge in [-0.25, -0.2) is 0 Å². The Balaban J connectivity index is 1.95. The fourth-order valence-corrected chi connectivity index (χ4v) is 2.84. The number of hydrogen-bond acceptors (Lipinski definition) is 7. The minimum atomic E-state index is -0.654. The topological polar surface area (TPSA) is 90.3 Å². The number of rotatable bonds is 7. The largest absolute Gasteiger partial charge is 0.393 e. The molecule has 0 spiro atoms. The minimum absolute atomic E-state index is 0.0664. The van der Waals surface area contributed by atoms with Gasteiger partial charge in [-0.05, 0) is 39.8 Å². The number of guanidine groups is 1. The number of hydrogen-bond donors (Lipinski definition) is 4. The van der Waals surface area contributed by atoms with Crippen molar-refractivity contribution in [3.63, 3.8) is 0 Å². The second kappa shape index (κ2) is 9.59. The first-order chi connectivity index (χ1) is 12.7. The molecule has 0 radical (unpaired) electrons. The van der Waals surface area contributed by atoms with Crippen LogP contribution in [-0.4, -0.2) is 54.7 Å². The fraction of sp³-hybridized carbons (Fsp3) is 0.556. The number of aliphatic hydroxyl groups excluding tert-OH is 1. The van der Waals surface area contributed by atoms with E-state index in [0.29, 0.717) is 33.9 Å². The van der Waals surface area contributed by atoms with Crippen molar-refractivity contribution in [3.05, 3.63) is 27.7 Å². The Morgan fingerprint density at radius 2 is 2.04 bits per heavy atom. The summed E-state index contributed by atoms with van der Waals surface area (Å²) < 4.78 is 0. The van der Waals surface area contributed by atoms with Crippen molar-refractivity contribution >= 4 is 40.6 Å². The summed E-state index contributed by atoms with van der Waals surface area (Å²) in [6.07, 6.45) is -0.654. The molecule has 1 atom stereocenters. The lowest BCUT2D eigenvalue weighted by Gasteiger charge is -2.22. The third-order valence-electron chi connectivity index (χ3n) is 3.71. The molecule has 1 aliphatic rings. The zero-order valence-corrected chi connectivity index (χ0v) is 17.6.